The summed E-state index contributed by atoms with van der Waals surface area (Å²) in [6.45, 7) is 3.71. The van der Waals surface area contributed by atoms with Gasteiger partial charge in [-0.1, -0.05) is 35.6 Å². The van der Waals surface area contributed by atoms with Crippen LogP contribution in [0.5, 0.6) is 0 Å². The van der Waals surface area contributed by atoms with Gasteiger partial charge in [0.05, 0.1) is 35.1 Å². The SMILES string of the molecule is CCOC(=O)C1=C(C)N=c2sc(=Cc3ccc(-c4ccccc4C(=O)OC)o3)c(=O)n2[C@@H]1c1cccs1. The van der Waals surface area contributed by atoms with E-state index in [0.29, 0.717) is 43.3 Å². The molecule has 188 valence electrons. The number of ether oxygens (including phenoxy) is 2. The number of thiophene rings is 1. The number of carbonyl (C=O) groups excluding carboxylic acids is 2. The highest BCUT2D eigenvalue weighted by molar-refractivity contribution is 7.10. The van der Waals surface area contributed by atoms with Gasteiger partial charge in [0.25, 0.3) is 5.56 Å². The average molecular weight is 535 g/mol. The van der Waals surface area contributed by atoms with Crippen molar-refractivity contribution >= 4 is 40.7 Å². The maximum absolute atomic E-state index is 13.6. The summed E-state index contributed by atoms with van der Waals surface area (Å²) < 4.78 is 18.1. The lowest BCUT2D eigenvalue weighted by Gasteiger charge is -2.23. The molecule has 3 aromatic heterocycles. The second-order valence-corrected chi connectivity index (χ2v) is 10.0. The number of hydrogen-bond donors (Lipinski definition) is 0. The van der Waals surface area contributed by atoms with Gasteiger partial charge in [-0.3, -0.25) is 9.36 Å². The summed E-state index contributed by atoms with van der Waals surface area (Å²) in [5.41, 5.74) is 1.54. The molecule has 0 amide bonds. The lowest BCUT2D eigenvalue weighted by atomic mass is 10.0. The molecule has 0 spiro atoms. The maximum atomic E-state index is 13.6. The third-order valence-corrected chi connectivity index (χ3v) is 7.74. The molecule has 1 atom stereocenters. The molecule has 0 saturated heterocycles. The van der Waals surface area contributed by atoms with E-state index in [1.165, 1.54) is 34.4 Å². The van der Waals surface area contributed by atoms with Gasteiger partial charge in [-0.15, -0.1) is 11.3 Å². The van der Waals surface area contributed by atoms with Crippen molar-refractivity contribution < 1.29 is 23.5 Å². The number of furan rings is 1. The van der Waals surface area contributed by atoms with Crippen molar-refractivity contribution in [3.63, 3.8) is 0 Å². The van der Waals surface area contributed by atoms with Crippen molar-refractivity contribution in [1.29, 1.82) is 0 Å². The molecular formula is C27H22N2O6S2. The zero-order chi connectivity index (χ0) is 26.1. The first-order valence-electron chi connectivity index (χ1n) is 11.4. The molecule has 1 aromatic carbocycles. The van der Waals surface area contributed by atoms with Crippen LogP contribution in [0.2, 0.25) is 0 Å². The third kappa shape index (κ3) is 4.49. The van der Waals surface area contributed by atoms with E-state index in [1.54, 1.807) is 56.3 Å². The number of carbonyl (C=O) groups is 2. The Bertz CT molecular complexity index is 1710. The summed E-state index contributed by atoms with van der Waals surface area (Å²) >= 11 is 2.68. The lowest BCUT2D eigenvalue weighted by Crippen LogP contribution is -2.39. The van der Waals surface area contributed by atoms with E-state index in [2.05, 4.69) is 4.99 Å². The zero-order valence-corrected chi connectivity index (χ0v) is 21.9. The molecule has 1 aliphatic heterocycles. The van der Waals surface area contributed by atoms with Crippen molar-refractivity contribution in [2.24, 2.45) is 4.99 Å². The Morgan fingerprint density at radius 3 is 2.68 bits per heavy atom. The quantitative estimate of drug-likeness (QED) is 0.348. The average Bonchev–Trinajstić information content (AvgIpc) is 3.65. The van der Waals surface area contributed by atoms with Crippen molar-refractivity contribution in [2.75, 3.05) is 13.7 Å². The minimum Gasteiger partial charge on any atom is -0.465 e. The van der Waals surface area contributed by atoms with Crippen LogP contribution in [0.25, 0.3) is 17.4 Å². The number of esters is 2. The first-order valence-corrected chi connectivity index (χ1v) is 13.1. The van der Waals surface area contributed by atoms with E-state index in [0.717, 1.165) is 4.88 Å². The van der Waals surface area contributed by atoms with E-state index >= 15 is 0 Å². The zero-order valence-electron chi connectivity index (χ0n) is 20.2. The van der Waals surface area contributed by atoms with Crippen LogP contribution in [-0.4, -0.2) is 30.2 Å². The molecule has 0 unspecified atom stereocenters. The second kappa shape index (κ2) is 10.2. The number of thiazole rings is 1. The van der Waals surface area contributed by atoms with Crippen molar-refractivity contribution in [1.82, 2.24) is 4.57 Å². The Morgan fingerprint density at radius 2 is 1.95 bits per heavy atom. The number of aromatic nitrogens is 1. The predicted molar refractivity (Wildman–Crippen MR) is 140 cm³/mol. The van der Waals surface area contributed by atoms with E-state index in [4.69, 9.17) is 13.9 Å². The fraction of sp³-hybridized carbons (Fsp3) is 0.185. The molecule has 1 aliphatic rings. The van der Waals surface area contributed by atoms with Crippen molar-refractivity contribution in [2.45, 2.75) is 19.9 Å². The summed E-state index contributed by atoms with van der Waals surface area (Å²) in [4.78, 5) is 44.6. The van der Waals surface area contributed by atoms with Gasteiger partial charge in [0, 0.05) is 16.5 Å². The fourth-order valence-electron chi connectivity index (χ4n) is 4.20. The van der Waals surface area contributed by atoms with E-state index in [-0.39, 0.29) is 12.2 Å². The molecule has 0 fully saturated rings. The molecule has 8 nitrogen and oxygen atoms in total. The number of methoxy groups -OCH3 is 1. The molecule has 37 heavy (non-hydrogen) atoms. The highest BCUT2D eigenvalue weighted by atomic mass is 32.1. The van der Waals surface area contributed by atoms with Crippen LogP contribution >= 0.6 is 22.7 Å². The number of nitrogens with zero attached hydrogens (tertiary/aromatic N) is 2. The van der Waals surface area contributed by atoms with Crippen molar-refractivity contribution in [3.05, 3.63) is 101 Å². The fourth-order valence-corrected chi connectivity index (χ4v) is 6.05. The Kier molecular flexibility index (Phi) is 6.77. The van der Waals surface area contributed by atoms with Gasteiger partial charge in [-0.2, -0.15) is 0 Å². The molecule has 0 N–H and O–H groups in total. The number of allylic oxidation sites excluding steroid dienone is 1. The van der Waals surface area contributed by atoms with Gasteiger partial charge in [-0.25, -0.2) is 14.6 Å². The van der Waals surface area contributed by atoms with Crippen LogP contribution < -0.4 is 14.9 Å². The van der Waals surface area contributed by atoms with E-state index < -0.39 is 18.0 Å². The Labute approximate surface area is 219 Å². The van der Waals surface area contributed by atoms with Gasteiger partial charge < -0.3 is 13.9 Å². The van der Waals surface area contributed by atoms with Crippen LogP contribution in [-0.2, 0) is 14.3 Å². The monoisotopic (exact) mass is 534 g/mol. The van der Waals surface area contributed by atoms with Crippen LogP contribution in [0, 0.1) is 0 Å². The van der Waals surface area contributed by atoms with E-state index in [1.807, 2.05) is 17.5 Å². The molecular weight excluding hydrogens is 512 g/mol. The summed E-state index contributed by atoms with van der Waals surface area (Å²) in [7, 11) is 1.32. The Hall–Kier alpha value is -4.02. The predicted octanol–water partition coefficient (Wildman–Crippen LogP) is 3.91. The first-order chi connectivity index (χ1) is 17.9. The van der Waals surface area contributed by atoms with Gasteiger partial charge in [0.1, 0.15) is 17.6 Å². The van der Waals surface area contributed by atoms with Crippen LogP contribution in [0.4, 0.5) is 0 Å². The Morgan fingerprint density at radius 1 is 1.14 bits per heavy atom. The smallest absolute Gasteiger partial charge is 0.338 e. The normalized spacial score (nSPS) is 15.3. The standard InChI is InChI=1S/C27H22N2O6S2/c1-4-34-26(32)22-15(2)28-27-29(23(22)20-10-7-13-36-20)24(30)21(37-27)14-16-11-12-19(35-16)17-8-5-6-9-18(17)25(31)33-3/h5-14,23H,4H2,1-3H3/t23-/m1/s1. The Balaban J connectivity index is 1.61. The molecule has 5 rings (SSSR count). The summed E-state index contributed by atoms with van der Waals surface area (Å²) in [5, 5.41) is 1.90. The molecule has 0 radical (unpaired) electrons. The molecule has 0 bridgehead atoms. The van der Waals surface area contributed by atoms with Gasteiger partial charge in [0.2, 0.25) is 0 Å². The third-order valence-electron chi connectivity index (χ3n) is 5.83. The van der Waals surface area contributed by atoms with Crippen molar-refractivity contribution in [3.8, 4) is 11.3 Å². The number of rotatable bonds is 6. The minimum absolute atomic E-state index is 0.219. The van der Waals surface area contributed by atoms with Crippen LogP contribution in [0.3, 0.4) is 0 Å². The van der Waals surface area contributed by atoms with Gasteiger partial charge in [-0.05, 0) is 43.5 Å². The number of fused-ring (bicyclic) bond motifs is 1. The molecule has 4 aromatic rings. The lowest BCUT2D eigenvalue weighted by molar-refractivity contribution is -0.139. The second-order valence-electron chi connectivity index (χ2n) is 8.06. The summed E-state index contributed by atoms with van der Waals surface area (Å²) in [6.07, 6.45) is 1.64. The maximum Gasteiger partial charge on any atom is 0.338 e. The number of hydrogen-bond acceptors (Lipinski definition) is 9. The topological polar surface area (TPSA) is 100 Å². The first kappa shape index (κ1) is 24.7. The molecule has 10 heteroatoms. The van der Waals surface area contributed by atoms with Crippen LogP contribution in [0.15, 0.2) is 79.4 Å². The van der Waals surface area contributed by atoms with Gasteiger partial charge in [0.15, 0.2) is 4.80 Å². The molecule has 0 saturated carbocycles. The van der Waals surface area contributed by atoms with Crippen LogP contribution in [0.1, 0.15) is 40.9 Å². The largest absolute Gasteiger partial charge is 0.465 e. The summed E-state index contributed by atoms with van der Waals surface area (Å²) in [5.74, 6) is -0.0505. The van der Waals surface area contributed by atoms with Gasteiger partial charge >= 0.3 is 11.9 Å². The molecule has 4 heterocycles. The summed E-state index contributed by atoms with van der Waals surface area (Å²) in [6, 6.07) is 13.6. The minimum atomic E-state index is -0.628. The molecule has 0 aliphatic carbocycles. The van der Waals surface area contributed by atoms with E-state index in [9.17, 15) is 14.4 Å². The highest BCUT2D eigenvalue weighted by Gasteiger charge is 2.33. The highest BCUT2D eigenvalue weighted by Crippen LogP contribution is 2.33. The number of benzene rings is 1.